The van der Waals surface area contributed by atoms with Gasteiger partial charge in [-0.3, -0.25) is 14.4 Å². The second-order valence-corrected chi connectivity index (χ2v) is 7.27. The Labute approximate surface area is 150 Å². The Kier molecular flexibility index (Phi) is 4.81. The molecule has 0 atom stereocenters. The molecule has 8 nitrogen and oxygen atoms in total. The Morgan fingerprint density at radius 3 is 2.58 bits per heavy atom. The molecule has 3 rings (SSSR count). The molecule has 2 aromatic rings. The van der Waals surface area contributed by atoms with Crippen molar-refractivity contribution in [2.45, 2.75) is 4.90 Å². The number of sulfonamides is 1. The zero-order valence-corrected chi connectivity index (χ0v) is 14.5. The highest BCUT2D eigenvalue weighted by Crippen LogP contribution is 2.36. The van der Waals surface area contributed by atoms with E-state index in [1.165, 1.54) is 24.3 Å². The predicted molar refractivity (Wildman–Crippen MR) is 95.3 cm³/mol. The number of nitro benzene ring substituents is 1. The zero-order valence-electron chi connectivity index (χ0n) is 13.7. The molecule has 26 heavy (non-hydrogen) atoms. The van der Waals surface area contributed by atoms with Gasteiger partial charge in [0, 0.05) is 18.2 Å². The summed E-state index contributed by atoms with van der Waals surface area (Å²) in [5.74, 6) is 0.975. The fourth-order valence-electron chi connectivity index (χ4n) is 2.53. The second kappa shape index (κ2) is 7.04. The summed E-state index contributed by atoms with van der Waals surface area (Å²) in [6, 6.07) is 9.70. The fourth-order valence-corrected chi connectivity index (χ4v) is 4.00. The Balaban J connectivity index is 2.05. The molecule has 0 bridgehead atoms. The lowest BCUT2D eigenvalue weighted by atomic mass is 10.2. The van der Waals surface area contributed by atoms with Gasteiger partial charge in [-0.15, -0.1) is 6.58 Å². The van der Waals surface area contributed by atoms with E-state index in [2.05, 4.69) is 6.58 Å². The van der Waals surface area contributed by atoms with Crippen LogP contribution in [-0.4, -0.2) is 33.1 Å². The third kappa shape index (κ3) is 3.33. The second-order valence-electron chi connectivity index (χ2n) is 5.41. The van der Waals surface area contributed by atoms with Gasteiger partial charge in [0.2, 0.25) is 0 Å². The van der Waals surface area contributed by atoms with Gasteiger partial charge in [0.05, 0.1) is 22.1 Å². The summed E-state index contributed by atoms with van der Waals surface area (Å²) < 4.78 is 38.1. The number of hydrogen-bond acceptors (Lipinski definition) is 6. The maximum Gasteiger partial charge on any atom is 0.270 e. The Bertz CT molecular complexity index is 957. The van der Waals surface area contributed by atoms with Crippen LogP contribution in [0, 0.1) is 10.1 Å². The molecule has 0 N–H and O–H groups in total. The van der Waals surface area contributed by atoms with Crippen molar-refractivity contribution in [3.8, 4) is 11.5 Å². The van der Waals surface area contributed by atoms with Crippen molar-refractivity contribution in [3.63, 3.8) is 0 Å². The smallest absolute Gasteiger partial charge is 0.270 e. The van der Waals surface area contributed by atoms with E-state index in [0.717, 1.165) is 10.4 Å². The van der Waals surface area contributed by atoms with Crippen LogP contribution in [-0.2, 0) is 10.0 Å². The first kappa shape index (κ1) is 17.7. The Morgan fingerprint density at radius 2 is 1.88 bits per heavy atom. The zero-order chi connectivity index (χ0) is 18.7. The highest BCUT2D eigenvalue weighted by molar-refractivity contribution is 7.92. The molecule has 136 valence electrons. The fraction of sp³-hybridized carbons (Fsp3) is 0.176. The predicted octanol–water partition coefficient (Wildman–Crippen LogP) is 2.75. The van der Waals surface area contributed by atoms with Crippen molar-refractivity contribution >= 4 is 21.4 Å². The quantitative estimate of drug-likeness (QED) is 0.437. The number of ether oxygens (including phenoxy) is 2. The van der Waals surface area contributed by atoms with Crippen LogP contribution < -0.4 is 13.8 Å². The summed E-state index contributed by atoms with van der Waals surface area (Å²) in [5.41, 5.74) is 0.0486. The SMILES string of the molecule is C=CCN(c1ccc2c(c1)OCCO2)S(=O)(=O)c1cccc([N+](=O)[O-])c1. The number of non-ortho nitro benzene ring substituents is 1. The Morgan fingerprint density at radius 1 is 1.15 bits per heavy atom. The van der Waals surface area contributed by atoms with Gasteiger partial charge in [-0.2, -0.15) is 0 Å². The van der Waals surface area contributed by atoms with Crippen molar-refractivity contribution in [3.05, 3.63) is 65.2 Å². The molecule has 0 aliphatic carbocycles. The average Bonchev–Trinajstić information content (AvgIpc) is 2.65. The number of rotatable bonds is 6. The minimum Gasteiger partial charge on any atom is -0.486 e. The summed E-state index contributed by atoms with van der Waals surface area (Å²) in [4.78, 5) is 10.1. The molecule has 0 fully saturated rings. The van der Waals surface area contributed by atoms with Crippen molar-refractivity contribution in [1.29, 1.82) is 0 Å². The topological polar surface area (TPSA) is 99.0 Å². The first-order valence-corrected chi connectivity index (χ1v) is 9.15. The number of hydrogen-bond donors (Lipinski definition) is 0. The standard InChI is InChI=1S/C17H16N2O6S/c1-2-8-18(13-6-7-16-17(12-13)25-10-9-24-16)26(22,23)15-5-3-4-14(11-15)19(20)21/h2-7,11-12H,1,8-10H2. The first-order valence-electron chi connectivity index (χ1n) is 7.71. The molecule has 0 amide bonds. The van der Waals surface area contributed by atoms with E-state index in [0.29, 0.717) is 30.4 Å². The molecule has 0 unspecified atom stereocenters. The number of fused-ring (bicyclic) bond motifs is 1. The molecule has 0 spiro atoms. The minimum absolute atomic E-state index is 0.00926. The number of nitro groups is 1. The van der Waals surface area contributed by atoms with E-state index in [1.54, 1.807) is 18.2 Å². The largest absolute Gasteiger partial charge is 0.486 e. The lowest BCUT2D eigenvalue weighted by molar-refractivity contribution is -0.385. The van der Waals surface area contributed by atoms with Crippen molar-refractivity contribution < 1.29 is 22.8 Å². The van der Waals surface area contributed by atoms with Crippen LogP contribution in [0.4, 0.5) is 11.4 Å². The van der Waals surface area contributed by atoms with E-state index in [9.17, 15) is 18.5 Å². The normalized spacial score (nSPS) is 13.1. The molecule has 0 aromatic heterocycles. The summed E-state index contributed by atoms with van der Waals surface area (Å²) in [7, 11) is -4.04. The van der Waals surface area contributed by atoms with E-state index >= 15 is 0 Å². The van der Waals surface area contributed by atoms with Gasteiger partial charge in [-0.1, -0.05) is 12.1 Å². The first-order chi connectivity index (χ1) is 12.4. The summed E-state index contributed by atoms with van der Waals surface area (Å²) in [5, 5.41) is 11.0. The monoisotopic (exact) mass is 376 g/mol. The molecule has 1 aliphatic rings. The average molecular weight is 376 g/mol. The highest BCUT2D eigenvalue weighted by atomic mass is 32.2. The van der Waals surface area contributed by atoms with Crippen molar-refractivity contribution in [1.82, 2.24) is 0 Å². The maximum absolute atomic E-state index is 13.0. The van der Waals surface area contributed by atoms with E-state index in [1.807, 2.05) is 0 Å². The molecule has 0 saturated heterocycles. The molecular weight excluding hydrogens is 360 g/mol. The Hall–Kier alpha value is -3.07. The van der Waals surface area contributed by atoms with Crippen LogP contribution in [0.25, 0.3) is 0 Å². The van der Waals surface area contributed by atoms with Crippen molar-refractivity contribution in [2.24, 2.45) is 0 Å². The number of anilines is 1. The van der Waals surface area contributed by atoms with Gasteiger partial charge < -0.3 is 9.47 Å². The van der Waals surface area contributed by atoms with Crippen molar-refractivity contribution in [2.75, 3.05) is 24.1 Å². The van der Waals surface area contributed by atoms with Crippen LogP contribution in [0.15, 0.2) is 60.0 Å². The van der Waals surface area contributed by atoms with E-state index in [-0.39, 0.29) is 17.1 Å². The molecule has 0 saturated carbocycles. The van der Waals surface area contributed by atoms with Gasteiger partial charge in [0.15, 0.2) is 11.5 Å². The molecular formula is C17H16N2O6S. The molecule has 2 aromatic carbocycles. The summed E-state index contributed by atoms with van der Waals surface area (Å²) in [6.07, 6.45) is 1.44. The third-order valence-corrected chi connectivity index (χ3v) is 5.51. The van der Waals surface area contributed by atoms with E-state index < -0.39 is 14.9 Å². The molecule has 9 heteroatoms. The van der Waals surface area contributed by atoms with Crippen LogP contribution in [0.1, 0.15) is 0 Å². The summed E-state index contributed by atoms with van der Waals surface area (Å²) in [6.45, 7) is 4.38. The van der Waals surface area contributed by atoms with Gasteiger partial charge in [0.25, 0.3) is 15.7 Å². The van der Waals surface area contributed by atoms with Crippen LogP contribution in [0.5, 0.6) is 11.5 Å². The lowest BCUT2D eigenvalue weighted by Gasteiger charge is -2.25. The number of nitrogens with zero attached hydrogens (tertiary/aromatic N) is 2. The minimum atomic E-state index is -4.04. The summed E-state index contributed by atoms with van der Waals surface area (Å²) >= 11 is 0. The van der Waals surface area contributed by atoms with Gasteiger partial charge in [-0.25, -0.2) is 8.42 Å². The lowest BCUT2D eigenvalue weighted by Crippen LogP contribution is -2.31. The molecule has 0 radical (unpaired) electrons. The van der Waals surface area contributed by atoms with Crippen LogP contribution in [0.2, 0.25) is 0 Å². The molecule has 1 heterocycles. The third-order valence-electron chi connectivity index (χ3n) is 3.73. The maximum atomic E-state index is 13.0. The van der Waals surface area contributed by atoms with E-state index in [4.69, 9.17) is 9.47 Å². The van der Waals surface area contributed by atoms with Crippen LogP contribution >= 0.6 is 0 Å². The van der Waals surface area contributed by atoms with Gasteiger partial charge >= 0.3 is 0 Å². The number of benzene rings is 2. The molecule has 1 aliphatic heterocycles. The van der Waals surface area contributed by atoms with Gasteiger partial charge in [-0.05, 0) is 18.2 Å². The van der Waals surface area contributed by atoms with Crippen LogP contribution in [0.3, 0.4) is 0 Å². The van der Waals surface area contributed by atoms with Gasteiger partial charge in [0.1, 0.15) is 13.2 Å². The highest BCUT2D eigenvalue weighted by Gasteiger charge is 2.27.